The number of carbonyl (C=O) groups is 1. The normalized spacial score (nSPS) is 26.2. The molecule has 0 radical (unpaired) electrons. The molecule has 1 aliphatic heterocycles. The molecule has 184 valence electrons. The van der Waals surface area contributed by atoms with E-state index in [1.165, 1.54) is 18.2 Å². The summed E-state index contributed by atoms with van der Waals surface area (Å²) in [4.78, 5) is 16.4. The van der Waals surface area contributed by atoms with E-state index in [2.05, 4.69) is 9.64 Å². The number of aliphatic carboxylic acids is 1. The van der Waals surface area contributed by atoms with Crippen LogP contribution in [-0.4, -0.2) is 56.3 Å². The zero-order valence-electron chi connectivity index (χ0n) is 18.5. The van der Waals surface area contributed by atoms with Crippen molar-refractivity contribution in [3.8, 4) is 5.75 Å². The van der Waals surface area contributed by atoms with Crippen LogP contribution in [0.2, 0.25) is 0 Å². The molecule has 5 atom stereocenters. The molecule has 5 unspecified atom stereocenters. The van der Waals surface area contributed by atoms with Gasteiger partial charge in [-0.1, -0.05) is 12.1 Å². The van der Waals surface area contributed by atoms with Crippen LogP contribution >= 0.6 is 0 Å². The molecule has 1 heterocycles. The lowest BCUT2D eigenvalue weighted by molar-refractivity contribution is -0.274. The van der Waals surface area contributed by atoms with Crippen molar-refractivity contribution in [2.75, 3.05) is 18.0 Å². The maximum Gasteiger partial charge on any atom is 0.573 e. The number of carboxylic acids is 1. The van der Waals surface area contributed by atoms with Gasteiger partial charge in [0.1, 0.15) is 5.75 Å². The molecule has 34 heavy (non-hydrogen) atoms. The molecule has 0 saturated carbocycles. The molecule has 0 amide bonds. The molecule has 0 aromatic heterocycles. The third-order valence-corrected chi connectivity index (χ3v) is 7.23. The van der Waals surface area contributed by atoms with Crippen molar-refractivity contribution in [2.45, 2.75) is 49.7 Å². The molecular weight excluding hydrogens is 473 g/mol. The Labute approximate surface area is 197 Å². The Bertz CT molecular complexity index is 1080. The quantitative estimate of drug-likeness (QED) is 0.630. The number of hydrogen-bond donors (Lipinski definition) is 1. The molecule has 2 aromatic rings. The summed E-state index contributed by atoms with van der Waals surface area (Å²) in [6.07, 6.45) is -4.51. The molecule has 1 fully saturated rings. The second kappa shape index (κ2) is 9.20. The predicted octanol–water partition coefficient (Wildman–Crippen LogP) is 3.72. The summed E-state index contributed by atoms with van der Waals surface area (Å²) in [7, 11) is 0. The van der Waals surface area contributed by atoms with E-state index in [1.807, 2.05) is 18.7 Å². The molecular formula is C23H24F3N2O5S-. The molecule has 4 rings (SSSR count). The van der Waals surface area contributed by atoms with Gasteiger partial charge >= 0.3 is 12.3 Å². The number of fused-ring (bicyclic) bond motifs is 1. The molecule has 0 bridgehead atoms. The van der Waals surface area contributed by atoms with E-state index in [9.17, 15) is 31.8 Å². The average Bonchev–Trinajstić information content (AvgIpc) is 3.12. The molecule has 1 N–H and O–H groups in total. The lowest BCUT2D eigenvalue weighted by Crippen LogP contribution is -2.58. The van der Waals surface area contributed by atoms with Gasteiger partial charge in [0.25, 0.3) is 0 Å². The minimum atomic E-state index is -4.76. The smallest absolute Gasteiger partial charge is 0.573 e. The Morgan fingerprint density at radius 2 is 1.74 bits per heavy atom. The van der Waals surface area contributed by atoms with Crippen molar-refractivity contribution in [3.63, 3.8) is 0 Å². The van der Waals surface area contributed by atoms with Gasteiger partial charge < -0.3 is 19.3 Å². The highest BCUT2D eigenvalue weighted by atomic mass is 32.2. The van der Waals surface area contributed by atoms with Crippen LogP contribution in [0.15, 0.2) is 47.4 Å². The van der Waals surface area contributed by atoms with Gasteiger partial charge in [0.05, 0.1) is 12.0 Å². The number of carboxylic acid groups (broad SMARTS) is 1. The van der Waals surface area contributed by atoms with Crippen LogP contribution in [0.25, 0.3) is 0 Å². The third-order valence-electron chi connectivity index (χ3n) is 6.51. The number of rotatable bonds is 5. The van der Waals surface area contributed by atoms with E-state index in [1.54, 1.807) is 24.3 Å². The Balaban J connectivity index is 1.61. The molecule has 1 aliphatic carbocycles. The summed E-state index contributed by atoms with van der Waals surface area (Å²) < 4.78 is 65.1. The second-order valence-corrected chi connectivity index (χ2v) is 9.66. The zero-order valence-corrected chi connectivity index (χ0v) is 19.3. The lowest BCUT2D eigenvalue weighted by Gasteiger charge is -2.49. The predicted molar refractivity (Wildman–Crippen MR) is 117 cm³/mol. The standard InChI is InChI=1S/C23H25F3N2O5S/c1-13-11-27(16-6-8-17(9-7-16)33-23(24,25)26)12-14(2)28(13)21-18(22(29)30)10-15-4-3-5-19(20(15)21)34(31)32/h3-9,13-14,18,21H,10-12H2,1-2H3,(H,29,30)(H,31,32)/p-1. The first-order valence-electron chi connectivity index (χ1n) is 10.8. The number of alkyl halides is 3. The third kappa shape index (κ3) is 4.77. The van der Waals surface area contributed by atoms with Crippen molar-refractivity contribution in [1.29, 1.82) is 0 Å². The summed E-state index contributed by atoms with van der Waals surface area (Å²) in [5.41, 5.74) is 1.99. The van der Waals surface area contributed by atoms with Crippen LogP contribution in [0.3, 0.4) is 0 Å². The van der Waals surface area contributed by atoms with E-state index >= 15 is 0 Å². The van der Waals surface area contributed by atoms with Crippen LogP contribution in [0, 0.1) is 5.92 Å². The Morgan fingerprint density at radius 3 is 2.26 bits per heavy atom. The second-order valence-electron chi connectivity index (χ2n) is 8.75. The van der Waals surface area contributed by atoms with Gasteiger partial charge in [0.15, 0.2) is 0 Å². The first-order valence-corrected chi connectivity index (χ1v) is 11.9. The van der Waals surface area contributed by atoms with Gasteiger partial charge in [-0.05, 0) is 72.8 Å². The van der Waals surface area contributed by atoms with Crippen LogP contribution in [-0.2, 0) is 22.3 Å². The average molecular weight is 498 g/mol. The van der Waals surface area contributed by atoms with Crippen molar-refractivity contribution in [2.24, 2.45) is 5.92 Å². The number of nitrogens with zero attached hydrogens (tertiary/aromatic N) is 2. The number of benzene rings is 2. The Kier molecular flexibility index (Phi) is 6.63. The van der Waals surface area contributed by atoms with E-state index in [0.29, 0.717) is 18.7 Å². The van der Waals surface area contributed by atoms with Crippen molar-refractivity contribution < 1.29 is 36.6 Å². The molecule has 2 aromatic carbocycles. The first kappa shape index (κ1) is 24.5. The van der Waals surface area contributed by atoms with Gasteiger partial charge in [-0.15, -0.1) is 13.2 Å². The van der Waals surface area contributed by atoms with Gasteiger partial charge in [-0.25, -0.2) is 0 Å². The Hall–Kier alpha value is -2.63. The van der Waals surface area contributed by atoms with Crippen molar-refractivity contribution in [3.05, 3.63) is 53.6 Å². The SMILES string of the molecule is CC1CN(c2ccc(OC(F)(F)F)cc2)CC(C)N1C1c2c(cccc2S(=O)[O-])CC1C(=O)O. The minimum Gasteiger partial charge on any atom is -0.768 e. The largest absolute Gasteiger partial charge is 0.768 e. The molecule has 0 spiro atoms. The highest BCUT2D eigenvalue weighted by Gasteiger charge is 2.46. The monoisotopic (exact) mass is 497 g/mol. The van der Waals surface area contributed by atoms with E-state index in [-0.39, 0.29) is 29.1 Å². The fraction of sp³-hybridized carbons (Fsp3) is 0.435. The summed E-state index contributed by atoms with van der Waals surface area (Å²) >= 11 is -2.50. The topological polar surface area (TPSA) is 93.1 Å². The molecule has 1 saturated heterocycles. The molecule has 7 nitrogen and oxygen atoms in total. The summed E-state index contributed by atoms with van der Waals surface area (Å²) in [6.45, 7) is 4.87. The Morgan fingerprint density at radius 1 is 1.12 bits per heavy atom. The fourth-order valence-corrected chi connectivity index (χ4v) is 5.95. The number of piperazine rings is 1. The number of ether oxygens (including phenoxy) is 1. The van der Waals surface area contributed by atoms with Crippen LogP contribution < -0.4 is 9.64 Å². The first-order chi connectivity index (χ1) is 16.0. The number of hydrogen-bond acceptors (Lipinski definition) is 6. The number of halogens is 3. The number of anilines is 1. The van der Waals surface area contributed by atoms with E-state index in [4.69, 9.17) is 0 Å². The summed E-state index contributed by atoms with van der Waals surface area (Å²) in [5, 5.41) is 9.94. The molecule has 11 heteroatoms. The van der Waals surface area contributed by atoms with Crippen molar-refractivity contribution >= 4 is 22.7 Å². The van der Waals surface area contributed by atoms with Gasteiger partial charge in [0.2, 0.25) is 0 Å². The lowest BCUT2D eigenvalue weighted by atomic mass is 9.93. The van der Waals surface area contributed by atoms with Gasteiger partial charge in [-0.3, -0.25) is 13.9 Å². The fourth-order valence-electron chi connectivity index (χ4n) is 5.33. The minimum absolute atomic E-state index is 0.119. The zero-order chi connectivity index (χ0) is 24.8. The summed E-state index contributed by atoms with van der Waals surface area (Å²) in [5.74, 6) is -2.07. The summed E-state index contributed by atoms with van der Waals surface area (Å²) in [6, 6.07) is 9.62. The van der Waals surface area contributed by atoms with Gasteiger partial charge in [0, 0.05) is 35.8 Å². The van der Waals surface area contributed by atoms with Crippen molar-refractivity contribution in [1.82, 2.24) is 4.90 Å². The highest BCUT2D eigenvalue weighted by Crippen LogP contribution is 2.46. The van der Waals surface area contributed by atoms with Crippen LogP contribution in [0.4, 0.5) is 18.9 Å². The van der Waals surface area contributed by atoms with Crippen LogP contribution in [0.5, 0.6) is 5.75 Å². The van der Waals surface area contributed by atoms with Crippen LogP contribution in [0.1, 0.15) is 31.0 Å². The highest BCUT2D eigenvalue weighted by molar-refractivity contribution is 7.79. The van der Waals surface area contributed by atoms with E-state index in [0.717, 1.165) is 11.3 Å². The van der Waals surface area contributed by atoms with E-state index < -0.39 is 35.4 Å². The maximum absolute atomic E-state index is 12.4. The molecule has 2 aliphatic rings. The maximum atomic E-state index is 12.4. The van der Waals surface area contributed by atoms with Gasteiger partial charge in [-0.2, -0.15) is 0 Å².